The molecule has 0 aliphatic carbocycles. The molecular formula is C12H26S. The highest BCUT2D eigenvalue weighted by Crippen LogP contribution is 2.31. The van der Waals surface area contributed by atoms with Gasteiger partial charge in [0.25, 0.3) is 0 Å². The van der Waals surface area contributed by atoms with Crippen LogP contribution in [-0.4, -0.2) is 4.75 Å². The molecule has 0 radical (unpaired) electrons. The van der Waals surface area contributed by atoms with Crippen LogP contribution in [0.15, 0.2) is 0 Å². The maximum absolute atomic E-state index is 4.76. The Bertz CT molecular complexity index is 127. The van der Waals surface area contributed by atoms with Crippen LogP contribution in [0.25, 0.3) is 0 Å². The van der Waals surface area contributed by atoms with Gasteiger partial charge in [-0.15, -0.1) is 0 Å². The summed E-state index contributed by atoms with van der Waals surface area (Å²) in [4.78, 5) is 0. The minimum Gasteiger partial charge on any atom is -0.173 e. The number of hydrogen-bond acceptors (Lipinski definition) is 1. The molecule has 13 heavy (non-hydrogen) atoms. The van der Waals surface area contributed by atoms with Crippen LogP contribution in [-0.2, 0) is 0 Å². The zero-order chi connectivity index (χ0) is 10.5. The van der Waals surface area contributed by atoms with E-state index >= 15 is 0 Å². The van der Waals surface area contributed by atoms with Gasteiger partial charge in [-0.1, -0.05) is 47.5 Å². The maximum Gasteiger partial charge on any atom is 0.0106 e. The largest absolute Gasteiger partial charge is 0.173 e. The van der Waals surface area contributed by atoms with E-state index in [0.29, 0.717) is 0 Å². The smallest absolute Gasteiger partial charge is 0.0106 e. The maximum atomic E-state index is 4.76. The van der Waals surface area contributed by atoms with Crippen molar-refractivity contribution < 1.29 is 0 Å². The minimum absolute atomic E-state index is 0.239. The Labute approximate surface area is 89.9 Å². The van der Waals surface area contributed by atoms with Crippen LogP contribution in [0.3, 0.4) is 0 Å². The molecule has 0 nitrogen and oxygen atoms in total. The Morgan fingerprint density at radius 2 is 1.69 bits per heavy atom. The summed E-state index contributed by atoms with van der Waals surface area (Å²) in [6.07, 6.45) is 5.12. The summed E-state index contributed by atoms with van der Waals surface area (Å²) in [6, 6.07) is 0. The molecule has 2 atom stereocenters. The second-order valence-electron chi connectivity index (χ2n) is 5.19. The molecule has 0 unspecified atom stereocenters. The number of thiol groups is 1. The zero-order valence-corrected chi connectivity index (χ0v) is 10.8. The molecule has 0 aromatic heterocycles. The highest BCUT2D eigenvalue weighted by molar-refractivity contribution is 7.81. The van der Waals surface area contributed by atoms with Gasteiger partial charge in [-0.2, -0.15) is 12.6 Å². The van der Waals surface area contributed by atoms with Gasteiger partial charge in [0.2, 0.25) is 0 Å². The monoisotopic (exact) mass is 202 g/mol. The molecule has 0 aliphatic rings. The standard InChI is InChI=1S/C12H26S/c1-6-7-11(4)9-12(5,13)8-10(2)3/h10-11,13H,6-9H2,1-5H3/t11-,12-/m0/s1. The van der Waals surface area contributed by atoms with Crippen molar-refractivity contribution >= 4 is 12.6 Å². The average Bonchev–Trinajstić information content (AvgIpc) is 1.81. The molecule has 0 heterocycles. The van der Waals surface area contributed by atoms with E-state index in [1.165, 1.54) is 25.7 Å². The molecule has 0 saturated carbocycles. The van der Waals surface area contributed by atoms with E-state index in [9.17, 15) is 0 Å². The van der Waals surface area contributed by atoms with Gasteiger partial charge < -0.3 is 0 Å². The fourth-order valence-electron chi connectivity index (χ4n) is 2.31. The predicted octanol–water partition coefficient (Wildman–Crippen LogP) is 4.55. The molecule has 0 spiro atoms. The first kappa shape index (κ1) is 13.4. The summed E-state index contributed by atoms with van der Waals surface area (Å²) < 4.78 is 0.239. The second-order valence-corrected chi connectivity index (χ2v) is 6.27. The number of rotatable bonds is 6. The summed E-state index contributed by atoms with van der Waals surface area (Å²) in [5, 5.41) is 0. The molecule has 0 saturated heterocycles. The van der Waals surface area contributed by atoms with E-state index in [-0.39, 0.29) is 4.75 Å². The summed E-state index contributed by atoms with van der Waals surface area (Å²) in [7, 11) is 0. The third kappa shape index (κ3) is 7.42. The van der Waals surface area contributed by atoms with Crippen LogP contribution >= 0.6 is 12.6 Å². The Kier molecular flexibility index (Phi) is 6.11. The van der Waals surface area contributed by atoms with Gasteiger partial charge in [-0.3, -0.25) is 0 Å². The summed E-state index contributed by atoms with van der Waals surface area (Å²) in [5.41, 5.74) is 0. The van der Waals surface area contributed by atoms with E-state index in [0.717, 1.165) is 11.8 Å². The van der Waals surface area contributed by atoms with Crippen LogP contribution in [0.1, 0.15) is 60.3 Å². The van der Waals surface area contributed by atoms with Crippen molar-refractivity contribution in [1.82, 2.24) is 0 Å². The van der Waals surface area contributed by atoms with E-state index in [1.807, 2.05) is 0 Å². The van der Waals surface area contributed by atoms with Gasteiger partial charge in [0, 0.05) is 4.75 Å². The molecule has 0 aliphatic heterocycles. The average molecular weight is 202 g/mol. The molecule has 0 amide bonds. The Morgan fingerprint density at radius 3 is 2.08 bits per heavy atom. The van der Waals surface area contributed by atoms with Crippen molar-refractivity contribution in [3.05, 3.63) is 0 Å². The van der Waals surface area contributed by atoms with Crippen molar-refractivity contribution in [2.75, 3.05) is 0 Å². The third-order valence-electron chi connectivity index (χ3n) is 2.42. The van der Waals surface area contributed by atoms with Gasteiger partial charge >= 0.3 is 0 Å². The topological polar surface area (TPSA) is 0 Å². The Hall–Kier alpha value is 0.350. The van der Waals surface area contributed by atoms with E-state index < -0.39 is 0 Å². The zero-order valence-electron chi connectivity index (χ0n) is 9.93. The first-order chi connectivity index (χ1) is 5.87. The summed E-state index contributed by atoms with van der Waals surface area (Å²) >= 11 is 4.76. The first-order valence-electron chi connectivity index (χ1n) is 5.59. The molecule has 0 fully saturated rings. The van der Waals surface area contributed by atoms with Gasteiger partial charge in [-0.05, 0) is 24.7 Å². The van der Waals surface area contributed by atoms with Crippen LogP contribution in [0.5, 0.6) is 0 Å². The molecule has 0 bridgehead atoms. The highest BCUT2D eigenvalue weighted by atomic mass is 32.1. The van der Waals surface area contributed by atoms with E-state index in [1.54, 1.807) is 0 Å². The first-order valence-corrected chi connectivity index (χ1v) is 6.04. The predicted molar refractivity (Wildman–Crippen MR) is 65.5 cm³/mol. The number of hydrogen-bond donors (Lipinski definition) is 1. The van der Waals surface area contributed by atoms with Crippen molar-refractivity contribution in [3.63, 3.8) is 0 Å². The van der Waals surface area contributed by atoms with Crippen LogP contribution < -0.4 is 0 Å². The van der Waals surface area contributed by atoms with Crippen molar-refractivity contribution in [3.8, 4) is 0 Å². The summed E-state index contributed by atoms with van der Waals surface area (Å²) in [5.74, 6) is 1.59. The minimum atomic E-state index is 0.239. The fourth-order valence-corrected chi connectivity index (χ4v) is 2.99. The molecule has 0 rings (SSSR count). The molecule has 1 heteroatoms. The van der Waals surface area contributed by atoms with Crippen molar-refractivity contribution in [1.29, 1.82) is 0 Å². The third-order valence-corrected chi connectivity index (χ3v) is 2.78. The molecule has 80 valence electrons. The van der Waals surface area contributed by atoms with Gasteiger partial charge in [0.15, 0.2) is 0 Å². The molecule has 0 N–H and O–H groups in total. The van der Waals surface area contributed by atoms with E-state index in [2.05, 4.69) is 34.6 Å². The molecular weight excluding hydrogens is 176 g/mol. The quantitative estimate of drug-likeness (QED) is 0.600. The lowest BCUT2D eigenvalue weighted by Crippen LogP contribution is -2.22. The molecule has 0 aromatic rings. The molecule has 0 aromatic carbocycles. The summed E-state index contributed by atoms with van der Waals surface area (Å²) in [6.45, 7) is 11.4. The van der Waals surface area contributed by atoms with Crippen LogP contribution in [0, 0.1) is 11.8 Å². The lowest BCUT2D eigenvalue weighted by Gasteiger charge is -2.28. The highest BCUT2D eigenvalue weighted by Gasteiger charge is 2.22. The Morgan fingerprint density at radius 1 is 1.15 bits per heavy atom. The normalized spacial score (nSPS) is 18.7. The van der Waals surface area contributed by atoms with Crippen molar-refractivity contribution in [2.24, 2.45) is 11.8 Å². The van der Waals surface area contributed by atoms with Gasteiger partial charge in [0.1, 0.15) is 0 Å². The lowest BCUT2D eigenvalue weighted by atomic mass is 9.87. The Balaban J connectivity index is 3.85. The fraction of sp³-hybridized carbons (Fsp3) is 1.00. The van der Waals surface area contributed by atoms with Gasteiger partial charge in [0.05, 0.1) is 0 Å². The lowest BCUT2D eigenvalue weighted by molar-refractivity contribution is 0.374. The second kappa shape index (κ2) is 5.95. The SMILES string of the molecule is CCC[C@H](C)C[C@@](C)(S)CC(C)C. The van der Waals surface area contributed by atoms with E-state index in [4.69, 9.17) is 12.6 Å². The van der Waals surface area contributed by atoms with Crippen LogP contribution in [0.4, 0.5) is 0 Å². The van der Waals surface area contributed by atoms with Crippen molar-refractivity contribution in [2.45, 2.75) is 65.0 Å². The van der Waals surface area contributed by atoms with Gasteiger partial charge in [-0.25, -0.2) is 0 Å². The van der Waals surface area contributed by atoms with Crippen LogP contribution in [0.2, 0.25) is 0 Å².